The van der Waals surface area contributed by atoms with Gasteiger partial charge in [0.15, 0.2) is 0 Å². The number of hydrogen-bond acceptors (Lipinski definition) is 5. The van der Waals surface area contributed by atoms with Crippen LogP contribution in [0.2, 0.25) is 0 Å². The van der Waals surface area contributed by atoms with Crippen molar-refractivity contribution in [2.24, 2.45) is 0 Å². The Morgan fingerprint density at radius 3 is 2.05 bits per heavy atom. The molecule has 0 saturated heterocycles. The first-order valence-electron chi connectivity index (χ1n) is 13.7. The Morgan fingerprint density at radius 2 is 1.42 bits per heavy atom. The predicted molar refractivity (Wildman–Crippen MR) is 177 cm³/mol. The number of rotatable bonds is 8. The highest BCUT2D eigenvalue weighted by atomic mass is 32.2. The normalized spacial score (nSPS) is 12.3. The van der Waals surface area contributed by atoms with Crippen molar-refractivity contribution in [2.45, 2.75) is 17.1 Å². The average molecular weight is 602 g/mol. The average Bonchev–Trinajstić information content (AvgIpc) is 3.67. The Labute approximate surface area is 257 Å². The first-order chi connectivity index (χ1) is 21.0. The third-order valence-corrected chi connectivity index (χ3v) is 8.76. The Hall–Kier alpha value is -4.92. The maximum Gasteiger partial charge on any atom is 0.272 e. The van der Waals surface area contributed by atoms with Crippen molar-refractivity contribution in [3.05, 3.63) is 137 Å². The van der Waals surface area contributed by atoms with Gasteiger partial charge in [-0.05, 0) is 83.9 Å². The summed E-state index contributed by atoms with van der Waals surface area (Å²) in [5, 5.41) is 11.2. The van der Waals surface area contributed by atoms with E-state index in [9.17, 15) is 14.4 Å². The first kappa shape index (κ1) is 28.2. The van der Waals surface area contributed by atoms with Gasteiger partial charge in [-0.2, -0.15) is 11.3 Å². The van der Waals surface area contributed by atoms with Crippen molar-refractivity contribution in [2.75, 3.05) is 5.32 Å². The molecule has 4 aromatic carbocycles. The molecule has 6 aromatic rings. The summed E-state index contributed by atoms with van der Waals surface area (Å²) in [7, 11) is 0. The summed E-state index contributed by atoms with van der Waals surface area (Å²) in [6.45, 7) is 1.91. The molecule has 2 amide bonds. The van der Waals surface area contributed by atoms with Crippen LogP contribution in [0.5, 0.6) is 0 Å². The SMILES string of the molecule is CC(Sc1ccc(NC(=O)/C(=C/c2ccsc2)NC(=O)c2ccccc2)cc1)C(=O)n1c2ccccc2c2ccccc21. The number of thiophene rings is 1. The van der Waals surface area contributed by atoms with Crippen LogP contribution in [0.4, 0.5) is 5.69 Å². The summed E-state index contributed by atoms with van der Waals surface area (Å²) in [6, 6.07) is 33.9. The minimum Gasteiger partial charge on any atom is -0.321 e. The number of anilines is 1. The fourth-order valence-electron chi connectivity index (χ4n) is 4.88. The minimum absolute atomic E-state index is 0.00264. The Bertz CT molecular complexity index is 1910. The molecule has 0 aliphatic heterocycles. The van der Waals surface area contributed by atoms with Gasteiger partial charge in [-0.1, -0.05) is 54.6 Å². The molecule has 2 heterocycles. The molecule has 0 aliphatic carbocycles. The third-order valence-electron chi connectivity index (χ3n) is 6.96. The van der Waals surface area contributed by atoms with Crippen LogP contribution in [0.15, 0.2) is 131 Å². The lowest BCUT2D eigenvalue weighted by molar-refractivity contribution is -0.113. The summed E-state index contributed by atoms with van der Waals surface area (Å²) in [4.78, 5) is 40.7. The van der Waals surface area contributed by atoms with Crippen molar-refractivity contribution < 1.29 is 14.4 Å². The van der Waals surface area contributed by atoms with E-state index in [0.29, 0.717) is 11.3 Å². The van der Waals surface area contributed by atoms with E-state index in [1.807, 2.05) is 95.0 Å². The van der Waals surface area contributed by atoms with E-state index in [-0.39, 0.29) is 22.8 Å². The number of thioether (sulfide) groups is 1. The van der Waals surface area contributed by atoms with E-state index in [1.165, 1.54) is 23.1 Å². The van der Waals surface area contributed by atoms with Crippen LogP contribution < -0.4 is 10.6 Å². The summed E-state index contributed by atoms with van der Waals surface area (Å²) in [5.41, 5.74) is 3.77. The van der Waals surface area contributed by atoms with E-state index in [1.54, 1.807) is 42.5 Å². The maximum atomic E-state index is 13.7. The van der Waals surface area contributed by atoms with Gasteiger partial charge in [-0.15, -0.1) is 11.8 Å². The van der Waals surface area contributed by atoms with Crippen molar-refractivity contribution >= 4 is 74.4 Å². The number of benzene rings is 4. The predicted octanol–water partition coefficient (Wildman–Crippen LogP) is 8.09. The van der Waals surface area contributed by atoms with E-state index in [0.717, 1.165) is 32.3 Å². The molecule has 1 unspecified atom stereocenters. The van der Waals surface area contributed by atoms with Crippen LogP contribution in [-0.2, 0) is 4.79 Å². The summed E-state index contributed by atoms with van der Waals surface area (Å²) >= 11 is 2.96. The molecule has 2 aromatic heterocycles. The van der Waals surface area contributed by atoms with Gasteiger partial charge in [0.1, 0.15) is 5.70 Å². The van der Waals surface area contributed by atoms with Gasteiger partial charge in [0.05, 0.1) is 16.3 Å². The molecule has 2 N–H and O–H groups in total. The summed E-state index contributed by atoms with van der Waals surface area (Å²) in [6.07, 6.45) is 1.65. The molecule has 0 fully saturated rings. The number of carbonyl (C=O) groups excluding carboxylic acids is 3. The van der Waals surface area contributed by atoms with Gasteiger partial charge in [0, 0.05) is 26.9 Å². The topological polar surface area (TPSA) is 80.2 Å². The second-order valence-corrected chi connectivity index (χ2v) is 12.1. The number of carbonyl (C=O) groups is 3. The molecule has 43 heavy (non-hydrogen) atoms. The number of fused-ring (bicyclic) bond motifs is 3. The lowest BCUT2D eigenvalue weighted by atomic mass is 10.2. The monoisotopic (exact) mass is 601 g/mol. The zero-order chi connectivity index (χ0) is 29.8. The van der Waals surface area contributed by atoms with Crippen LogP contribution in [0.3, 0.4) is 0 Å². The fraction of sp³-hybridized carbons (Fsp3) is 0.0571. The smallest absolute Gasteiger partial charge is 0.272 e. The summed E-state index contributed by atoms with van der Waals surface area (Å²) in [5.74, 6) is -0.811. The Kier molecular flexibility index (Phi) is 8.22. The van der Waals surface area contributed by atoms with Gasteiger partial charge in [-0.25, -0.2) is 0 Å². The number of nitrogens with zero attached hydrogens (tertiary/aromatic N) is 1. The maximum absolute atomic E-state index is 13.7. The van der Waals surface area contributed by atoms with Crippen molar-refractivity contribution in [3.63, 3.8) is 0 Å². The largest absolute Gasteiger partial charge is 0.321 e. The fourth-order valence-corrected chi connectivity index (χ4v) is 6.40. The molecule has 0 spiro atoms. The molecule has 212 valence electrons. The van der Waals surface area contributed by atoms with Gasteiger partial charge in [0.25, 0.3) is 11.8 Å². The molecule has 6 nitrogen and oxygen atoms in total. The molecule has 1 atom stereocenters. The quantitative estimate of drug-likeness (QED) is 0.137. The highest BCUT2D eigenvalue weighted by Gasteiger charge is 2.22. The first-order valence-corrected chi connectivity index (χ1v) is 15.5. The van der Waals surface area contributed by atoms with Crippen LogP contribution in [0, 0.1) is 0 Å². The van der Waals surface area contributed by atoms with Gasteiger partial charge in [0.2, 0.25) is 5.91 Å². The van der Waals surface area contributed by atoms with E-state index in [2.05, 4.69) is 10.6 Å². The Morgan fingerprint density at radius 1 is 0.791 bits per heavy atom. The molecular formula is C35H27N3O3S2. The number of aromatic nitrogens is 1. The highest BCUT2D eigenvalue weighted by Crippen LogP contribution is 2.32. The van der Waals surface area contributed by atoms with Crippen LogP contribution >= 0.6 is 23.1 Å². The van der Waals surface area contributed by atoms with Gasteiger partial charge >= 0.3 is 0 Å². The number of nitrogens with one attached hydrogen (secondary N) is 2. The number of amides is 2. The lowest BCUT2D eigenvalue weighted by Gasteiger charge is -2.14. The zero-order valence-corrected chi connectivity index (χ0v) is 24.8. The van der Waals surface area contributed by atoms with E-state index >= 15 is 0 Å². The van der Waals surface area contributed by atoms with E-state index < -0.39 is 5.91 Å². The van der Waals surface area contributed by atoms with Crippen molar-refractivity contribution in [1.82, 2.24) is 9.88 Å². The Balaban J connectivity index is 1.16. The molecule has 0 radical (unpaired) electrons. The van der Waals surface area contributed by atoms with E-state index in [4.69, 9.17) is 0 Å². The number of hydrogen-bond donors (Lipinski definition) is 2. The lowest BCUT2D eigenvalue weighted by Crippen LogP contribution is -2.30. The summed E-state index contributed by atoms with van der Waals surface area (Å²) < 4.78 is 1.81. The van der Waals surface area contributed by atoms with Gasteiger partial charge < -0.3 is 10.6 Å². The van der Waals surface area contributed by atoms with Gasteiger partial charge in [-0.3, -0.25) is 19.0 Å². The van der Waals surface area contributed by atoms with Crippen LogP contribution in [0.25, 0.3) is 27.9 Å². The number of para-hydroxylation sites is 2. The second kappa shape index (κ2) is 12.5. The molecule has 0 saturated carbocycles. The second-order valence-electron chi connectivity index (χ2n) is 9.88. The molecular weight excluding hydrogens is 575 g/mol. The zero-order valence-electron chi connectivity index (χ0n) is 23.2. The van der Waals surface area contributed by atoms with Crippen LogP contribution in [-0.4, -0.2) is 27.5 Å². The molecule has 6 rings (SSSR count). The highest BCUT2D eigenvalue weighted by molar-refractivity contribution is 8.00. The van der Waals surface area contributed by atoms with Crippen molar-refractivity contribution in [3.8, 4) is 0 Å². The molecule has 0 bridgehead atoms. The minimum atomic E-state index is -0.439. The standard InChI is InChI=1S/C35H27N3O3S2/c1-23(35(41)38-31-13-7-5-11-28(31)29-12-6-8-14-32(29)38)43-27-17-15-26(16-18-27)36-34(40)30(21-24-19-20-42-22-24)37-33(39)25-9-3-2-4-10-25/h2-23H,1H3,(H,36,40)(H,37,39)/b30-21-. The third kappa shape index (κ3) is 6.16. The molecule has 0 aliphatic rings. The van der Waals surface area contributed by atoms with Crippen LogP contribution in [0.1, 0.15) is 27.6 Å². The molecule has 8 heteroatoms. The van der Waals surface area contributed by atoms with Crippen molar-refractivity contribution in [1.29, 1.82) is 0 Å².